The van der Waals surface area contributed by atoms with Crippen molar-refractivity contribution in [2.75, 3.05) is 13.1 Å². The van der Waals surface area contributed by atoms with Gasteiger partial charge < -0.3 is 4.90 Å². The van der Waals surface area contributed by atoms with Gasteiger partial charge in [0.05, 0.1) is 6.20 Å². The average Bonchev–Trinajstić information content (AvgIpc) is 3.03. The Bertz CT molecular complexity index is 814. The van der Waals surface area contributed by atoms with Gasteiger partial charge in [0, 0.05) is 31.1 Å². The van der Waals surface area contributed by atoms with E-state index in [0.717, 1.165) is 30.3 Å². The number of hydrogen-bond acceptors (Lipinski definition) is 4. The third-order valence-corrected chi connectivity index (χ3v) is 6.45. The minimum atomic E-state index is 0.156. The second-order valence-electron chi connectivity index (χ2n) is 8.46. The first-order chi connectivity index (χ1) is 12.6. The lowest BCUT2D eigenvalue weighted by Gasteiger charge is -2.28. The van der Waals surface area contributed by atoms with Gasteiger partial charge in [-0.3, -0.25) is 14.6 Å². The Kier molecular flexibility index (Phi) is 3.65. The Morgan fingerprint density at radius 3 is 2.85 bits per heavy atom. The number of amides is 1. The maximum atomic E-state index is 12.9. The van der Waals surface area contributed by atoms with E-state index in [-0.39, 0.29) is 17.2 Å². The third kappa shape index (κ3) is 2.73. The summed E-state index contributed by atoms with van der Waals surface area (Å²) in [6.07, 6.45) is 11.0. The number of hydrogen-bond donors (Lipinski definition) is 1. The minimum Gasteiger partial charge on any atom is -0.340 e. The lowest BCUT2D eigenvalue weighted by Crippen LogP contribution is -2.33. The first kappa shape index (κ1) is 16.0. The van der Waals surface area contributed by atoms with Crippen molar-refractivity contribution in [2.24, 2.45) is 5.41 Å². The molecule has 7 heteroatoms. The highest BCUT2D eigenvalue weighted by Gasteiger charge is 2.51. The zero-order valence-corrected chi connectivity index (χ0v) is 15.3. The van der Waals surface area contributed by atoms with Crippen molar-refractivity contribution in [2.45, 2.75) is 63.8 Å². The summed E-state index contributed by atoms with van der Waals surface area (Å²) in [5, 5.41) is 11.9. The molecule has 1 N–H and O–H groups in total. The second-order valence-corrected chi connectivity index (χ2v) is 8.46. The van der Waals surface area contributed by atoms with Crippen LogP contribution in [0.1, 0.15) is 67.6 Å². The number of carbonyl (C=O) groups excluding carboxylic acids is 1. The van der Waals surface area contributed by atoms with Gasteiger partial charge in [-0.25, -0.2) is 4.98 Å². The Labute approximate surface area is 153 Å². The topological polar surface area (TPSA) is 79.7 Å². The van der Waals surface area contributed by atoms with E-state index < -0.39 is 0 Å². The molecule has 1 amide bonds. The molecule has 1 unspecified atom stereocenters. The molecule has 1 atom stereocenters. The molecule has 1 spiro atoms. The Hall–Kier alpha value is -2.18. The van der Waals surface area contributed by atoms with Crippen LogP contribution in [0.4, 0.5) is 0 Å². The van der Waals surface area contributed by atoms with Crippen LogP contribution in [0.25, 0.3) is 0 Å². The molecule has 0 bridgehead atoms. The highest BCUT2D eigenvalue weighted by Crippen LogP contribution is 2.53. The summed E-state index contributed by atoms with van der Waals surface area (Å²) in [6.45, 7) is 3.91. The molecule has 3 heterocycles. The van der Waals surface area contributed by atoms with Gasteiger partial charge in [0.15, 0.2) is 5.82 Å². The zero-order chi connectivity index (χ0) is 17.7. The number of nitrogens with zero attached hydrogens (tertiary/aromatic N) is 5. The summed E-state index contributed by atoms with van der Waals surface area (Å²) < 4.78 is 1.74. The van der Waals surface area contributed by atoms with Crippen molar-refractivity contribution in [3.8, 4) is 0 Å². The maximum absolute atomic E-state index is 12.9. The molecule has 0 aromatic carbocycles. The van der Waals surface area contributed by atoms with Gasteiger partial charge in [-0.2, -0.15) is 10.2 Å². The van der Waals surface area contributed by atoms with Gasteiger partial charge in [0.2, 0.25) is 5.91 Å². The van der Waals surface area contributed by atoms with E-state index in [1.54, 1.807) is 10.9 Å². The number of carbonyl (C=O) groups is 1. The zero-order valence-electron chi connectivity index (χ0n) is 15.3. The fourth-order valence-electron chi connectivity index (χ4n) is 4.88. The van der Waals surface area contributed by atoms with Gasteiger partial charge in [0.1, 0.15) is 12.4 Å². The fourth-order valence-corrected chi connectivity index (χ4v) is 4.88. The Morgan fingerprint density at radius 1 is 1.35 bits per heavy atom. The summed E-state index contributed by atoms with van der Waals surface area (Å²) in [6, 6.07) is 0. The van der Waals surface area contributed by atoms with E-state index in [9.17, 15) is 4.79 Å². The van der Waals surface area contributed by atoms with E-state index in [1.165, 1.54) is 38.5 Å². The summed E-state index contributed by atoms with van der Waals surface area (Å²) in [5.41, 5.74) is 1.26. The van der Waals surface area contributed by atoms with Gasteiger partial charge in [-0.15, -0.1) is 0 Å². The molecular formula is C19H26N6O. The van der Waals surface area contributed by atoms with Crippen LogP contribution < -0.4 is 0 Å². The van der Waals surface area contributed by atoms with Gasteiger partial charge >= 0.3 is 0 Å². The molecule has 1 saturated heterocycles. The van der Waals surface area contributed by atoms with E-state index in [4.69, 9.17) is 4.98 Å². The molecule has 26 heavy (non-hydrogen) atoms. The molecule has 7 nitrogen and oxygen atoms in total. The monoisotopic (exact) mass is 354 g/mol. The van der Waals surface area contributed by atoms with E-state index in [1.807, 2.05) is 18.0 Å². The Morgan fingerprint density at radius 2 is 2.15 bits per heavy atom. The third-order valence-electron chi connectivity index (χ3n) is 6.45. The molecule has 3 aliphatic rings. The average molecular weight is 354 g/mol. The van der Waals surface area contributed by atoms with Crippen LogP contribution in [-0.4, -0.2) is 48.9 Å². The predicted molar refractivity (Wildman–Crippen MR) is 95.5 cm³/mol. The quantitative estimate of drug-likeness (QED) is 0.914. The Balaban J connectivity index is 1.36. The molecule has 0 radical (unpaired) electrons. The van der Waals surface area contributed by atoms with Crippen LogP contribution in [0.5, 0.6) is 0 Å². The molecule has 2 saturated carbocycles. The minimum absolute atomic E-state index is 0.156. The molecule has 3 fully saturated rings. The van der Waals surface area contributed by atoms with Crippen molar-refractivity contribution >= 4 is 5.91 Å². The van der Waals surface area contributed by atoms with Crippen LogP contribution in [0.2, 0.25) is 0 Å². The van der Waals surface area contributed by atoms with Crippen molar-refractivity contribution in [3.05, 3.63) is 29.6 Å². The number of rotatable bonds is 4. The van der Waals surface area contributed by atoms with Crippen molar-refractivity contribution in [3.63, 3.8) is 0 Å². The number of likely N-dealkylation sites (tertiary alicyclic amines) is 1. The first-order valence-corrected chi connectivity index (χ1v) is 9.82. The van der Waals surface area contributed by atoms with Crippen molar-refractivity contribution in [1.82, 2.24) is 29.9 Å². The van der Waals surface area contributed by atoms with E-state index in [0.29, 0.717) is 12.5 Å². The smallest absolute Gasteiger partial charge is 0.244 e. The molecule has 1 aliphatic heterocycles. The van der Waals surface area contributed by atoms with Gasteiger partial charge in [-0.1, -0.05) is 12.8 Å². The largest absolute Gasteiger partial charge is 0.340 e. The molecule has 2 aliphatic carbocycles. The van der Waals surface area contributed by atoms with Crippen LogP contribution in [0.15, 0.2) is 12.4 Å². The number of H-pyrrole nitrogens is 1. The number of aromatic nitrogens is 5. The highest BCUT2D eigenvalue weighted by atomic mass is 16.2. The number of aromatic amines is 1. The van der Waals surface area contributed by atoms with Gasteiger partial charge in [-0.05, 0) is 43.6 Å². The number of nitrogens with one attached hydrogen (secondary N) is 1. The normalized spacial score (nSPS) is 24.7. The predicted octanol–water partition coefficient (Wildman–Crippen LogP) is 2.37. The maximum Gasteiger partial charge on any atom is 0.244 e. The fraction of sp³-hybridized carbons (Fsp3) is 0.684. The molecule has 138 valence electrons. The molecule has 2 aromatic rings. The van der Waals surface area contributed by atoms with E-state index in [2.05, 4.69) is 15.3 Å². The molecule has 2 aromatic heterocycles. The first-order valence-electron chi connectivity index (χ1n) is 9.82. The van der Waals surface area contributed by atoms with Crippen LogP contribution in [0.3, 0.4) is 0 Å². The summed E-state index contributed by atoms with van der Waals surface area (Å²) >= 11 is 0. The second kappa shape index (κ2) is 5.93. The van der Waals surface area contributed by atoms with Gasteiger partial charge in [0.25, 0.3) is 0 Å². The van der Waals surface area contributed by atoms with Crippen LogP contribution >= 0.6 is 0 Å². The highest BCUT2D eigenvalue weighted by molar-refractivity contribution is 5.76. The van der Waals surface area contributed by atoms with Crippen molar-refractivity contribution in [1.29, 1.82) is 0 Å². The lowest BCUT2D eigenvalue weighted by atomic mass is 9.76. The summed E-state index contributed by atoms with van der Waals surface area (Å²) in [7, 11) is 0. The summed E-state index contributed by atoms with van der Waals surface area (Å²) in [4.78, 5) is 19.7. The van der Waals surface area contributed by atoms with Crippen LogP contribution in [-0.2, 0) is 11.3 Å². The van der Waals surface area contributed by atoms with E-state index >= 15 is 0 Å². The SMILES string of the molecule is Cc1cnn(CC(=O)N2CC(c3nc(C4CC4)n[nH]3)C3(CCCC3)C2)c1. The van der Waals surface area contributed by atoms with Crippen LogP contribution in [0, 0.1) is 12.3 Å². The molecular weight excluding hydrogens is 328 g/mol. The lowest BCUT2D eigenvalue weighted by molar-refractivity contribution is -0.131. The standard InChI is InChI=1S/C19H26N6O/c1-13-8-20-25(9-13)11-16(26)24-10-15(19(12-24)6-2-3-7-19)18-21-17(22-23-18)14-4-5-14/h8-9,14-15H,2-7,10-12H2,1H3,(H,21,22,23). The number of aryl methyl sites for hydroxylation is 1. The summed E-state index contributed by atoms with van der Waals surface area (Å²) in [5.74, 6) is 2.97. The van der Waals surface area contributed by atoms with Crippen molar-refractivity contribution < 1.29 is 4.79 Å². The molecule has 5 rings (SSSR count).